The summed E-state index contributed by atoms with van der Waals surface area (Å²) in [4.78, 5) is 19.1. The first-order valence-corrected chi connectivity index (χ1v) is 9.10. The Labute approximate surface area is 157 Å². The average Bonchev–Trinajstić information content (AvgIpc) is 3.32. The number of nitrogens with zero attached hydrogens (tertiary/aromatic N) is 6. The van der Waals surface area contributed by atoms with E-state index < -0.39 is 0 Å². The molecule has 8 heteroatoms. The summed E-state index contributed by atoms with van der Waals surface area (Å²) in [5.74, 6) is 0.996. The fraction of sp³-hybridized carbons (Fsp3) is 0.421. The van der Waals surface area contributed by atoms with Gasteiger partial charge in [-0.05, 0) is 38.3 Å². The number of hydrogen-bond donors (Lipinski definition) is 0. The number of carbonyl (C=O) groups excluding carboxylic acids is 1. The van der Waals surface area contributed by atoms with Crippen LogP contribution in [0.2, 0.25) is 0 Å². The first kappa shape index (κ1) is 17.4. The Balaban J connectivity index is 1.52. The third-order valence-electron chi connectivity index (χ3n) is 4.95. The smallest absolute Gasteiger partial charge is 0.254 e. The summed E-state index contributed by atoms with van der Waals surface area (Å²) in [7, 11) is 0. The largest absolute Gasteiger partial charge is 0.339 e. The van der Waals surface area contributed by atoms with Crippen molar-refractivity contribution in [3.63, 3.8) is 0 Å². The summed E-state index contributed by atoms with van der Waals surface area (Å²) in [6.07, 6.45) is 3.70. The summed E-state index contributed by atoms with van der Waals surface area (Å²) in [5.41, 5.74) is 3.44. The van der Waals surface area contributed by atoms with Crippen molar-refractivity contribution in [2.45, 2.75) is 39.7 Å². The third-order valence-corrected chi connectivity index (χ3v) is 4.95. The highest BCUT2D eigenvalue weighted by molar-refractivity contribution is 5.95. The Morgan fingerprint density at radius 1 is 1.26 bits per heavy atom. The molecule has 140 valence electrons. The van der Waals surface area contributed by atoms with Crippen LogP contribution in [0.4, 0.5) is 0 Å². The molecular weight excluding hydrogens is 344 g/mol. The number of benzene rings is 1. The fourth-order valence-corrected chi connectivity index (χ4v) is 3.45. The van der Waals surface area contributed by atoms with Crippen molar-refractivity contribution in [1.82, 2.24) is 30.0 Å². The van der Waals surface area contributed by atoms with Gasteiger partial charge in [0.1, 0.15) is 0 Å². The van der Waals surface area contributed by atoms with Crippen LogP contribution < -0.4 is 0 Å². The second kappa shape index (κ2) is 6.94. The number of piperidine rings is 1. The molecule has 1 atom stereocenters. The zero-order chi connectivity index (χ0) is 19.0. The molecule has 1 aromatic carbocycles. The first-order chi connectivity index (χ1) is 13.0. The number of rotatable bonds is 3. The summed E-state index contributed by atoms with van der Waals surface area (Å²) in [5, 5.41) is 12.3. The number of carbonyl (C=O) groups is 1. The van der Waals surface area contributed by atoms with Crippen LogP contribution in [0.3, 0.4) is 0 Å². The van der Waals surface area contributed by atoms with Crippen molar-refractivity contribution >= 4 is 5.91 Å². The van der Waals surface area contributed by atoms with Crippen LogP contribution >= 0.6 is 0 Å². The van der Waals surface area contributed by atoms with Gasteiger partial charge in [-0.15, -0.1) is 5.10 Å². The van der Waals surface area contributed by atoms with Gasteiger partial charge in [0.25, 0.3) is 5.91 Å². The molecule has 8 nitrogen and oxygen atoms in total. The van der Waals surface area contributed by atoms with E-state index in [1.165, 1.54) is 0 Å². The van der Waals surface area contributed by atoms with Crippen molar-refractivity contribution in [1.29, 1.82) is 0 Å². The van der Waals surface area contributed by atoms with Crippen LogP contribution in [-0.2, 0) is 0 Å². The molecule has 1 aliphatic rings. The van der Waals surface area contributed by atoms with Crippen molar-refractivity contribution < 1.29 is 9.32 Å². The minimum absolute atomic E-state index is 0.0787. The Kier molecular flexibility index (Phi) is 4.47. The maximum absolute atomic E-state index is 13.0. The van der Waals surface area contributed by atoms with Crippen molar-refractivity contribution in [3.8, 4) is 11.5 Å². The van der Waals surface area contributed by atoms with Crippen LogP contribution in [0.25, 0.3) is 11.5 Å². The topological polar surface area (TPSA) is 89.9 Å². The number of aryl methyl sites for hydroxylation is 3. The van der Waals surface area contributed by atoms with E-state index in [-0.39, 0.29) is 11.9 Å². The van der Waals surface area contributed by atoms with Gasteiger partial charge < -0.3 is 9.42 Å². The van der Waals surface area contributed by atoms with Crippen LogP contribution in [0.15, 0.2) is 28.9 Å². The molecule has 1 amide bonds. The number of amides is 1. The molecule has 0 radical (unpaired) electrons. The van der Waals surface area contributed by atoms with E-state index in [0.717, 1.165) is 36.1 Å². The molecule has 4 rings (SSSR count). The number of aromatic nitrogens is 5. The summed E-state index contributed by atoms with van der Waals surface area (Å²) in [6.45, 7) is 7.09. The van der Waals surface area contributed by atoms with Gasteiger partial charge in [0, 0.05) is 25.6 Å². The first-order valence-electron chi connectivity index (χ1n) is 9.10. The number of likely N-dealkylation sites (tertiary alicyclic amines) is 1. The van der Waals surface area contributed by atoms with E-state index in [0.29, 0.717) is 24.0 Å². The maximum Gasteiger partial charge on any atom is 0.254 e. The van der Waals surface area contributed by atoms with E-state index in [9.17, 15) is 4.79 Å². The molecule has 0 unspecified atom stereocenters. The predicted molar refractivity (Wildman–Crippen MR) is 98.1 cm³/mol. The normalized spacial score (nSPS) is 17.3. The highest BCUT2D eigenvalue weighted by Crippen LogP contribution is 2.24. The predicted octanol–water partition coefficient (Wildman–Crippen LogP) is 2.73. The Hall–Kier alpha value is -3.03. The molecular formula is C19H22N6O2. The highest BCUT2D eigenvalue weighted by atomic mass is 16.5. The van der Waals surface area contributed by atoms with Crippen molar-refractivity contribution in [2.75, 3.05) is 13.1 Å². The van der Waals surface area contributed by atoms with Gasteiger partial charge in [0.05, 0.1) is 12.2 Å². The molecule has 0 bridgehead atoms. The summed E-state index contributed by atoms with van der Waals surface area (Å²) < 4.78 is 6.81. The van der Waals surface area contributed by atoms with Crippen LogP contribution in [0.1, 0.15) is 46.3 Å². The standard InChI is InChI=1S/C19H22N6O2/c1-12-6-7-13(2)16(9-12)19(26)24-8-4-5-15(10-24)25-11-17(21-23-25)18-20-14(3)27-22-18/h6-7,9,11,15H,4-5,8,10H2,1-3H3/t15-/m0/s1. The molecule has 0 N–H and O–H groups in total. The minimum Gasteiger partial charge on any atom is -0.339 e. The second-order valence-electron chi connectivity index (χ2n) is 7.09. The van der Waals surface area contributed by atoms with Gasteiger partial charge in [-0.1, -0.05) is 28.1 Å². The van der Waals surface area contributed by atoms with Gasteiger partial charge in [-0.3, -0.25) is 4.79 Å². The van der Waals surface area contributed by atoms with Crippen LogP contribution in [0, 0.1) is 20.8 Å². The van der Waals surface area contributed by atoms with Crippen LogP contribution in [0.5, 0.6) is 0 Å². The highest BCUT2D eigenvalue weighted by Gasteiger charge is 2.27. The Morgan fingerprint density at radius 3 is 2.89 bits per heavy atom. The monoisotopic (exact) mass is 366 g/mol. The SMILES string of the molecule is Cc1ccc(C)c(C(=O)N2CCC[C@H](n3cc(-c4noc(C)n4)nn3)C2)c1. The van der Waals surface area contributed by atoms with Gasteiger partial charge in [0.2, 0.25) is 11.7 Å². The summed E-state index contributed by atoms with van der Waals surface area (Å²) in [6, 6.07) is 6.08. The molecule has 27 heavy (non-hydrogen) atoms. The van der Waals surface area contributed by atoms with E-state index in [1.807, 2.05) is 47.8 Å². The molecule has 0 aliphatic carbocycles. The van der Waals surface area contributed by atoms with Crippen LogP contribution in [-0.4, -0.2) is 49.0 Å². The lowest BCUT2D eigenvalue weighted by Crippen LogP contribution is -2.41. The van der Waals surface area contributed by atoms with Gasteiger partial charge >= 0.3 is 0 Å². The summed E-state index contributed by atoms with van der Waals surface area (Å²) >= 11 is 0. The quantitative estimate of drug-likeness (QED) is 0.708. The maximum atomic E-state index is 13.0. The van der Waals surface area contributed by atoms with Gasteiger partial charge in [-0.2, -0.15) is 4.98 Å². The van der Waals surface area contributed by atoms with E-state index in [1.54, 1.807) is 6.92 Å². The molecule has 0 spiro atoms. The van der Waals surface area contributed by atoms with E-state index >= 15 is 0 Å². The Bertz CT molecular complexity index is 976. The van der Waals surface area contributed by atoms with Gasteiger partial charge in [0.15, 0.2) is 5.69 Å². The molecule has 3 aromatic rings. The minimum atomic E-state index is 0.0787. The fourth-order valence-electron chi connectivity index (χ4n) is 3.45. The molecule has 1 fully saturated rings. The van der Waals surface area contributed by atoms with E-state index in [2.05, 4.69) is 20.5 Å². The van der Waals surface area contributed by atoms with Crippen molar-refractivity contribution in [3.05, 3.63) is 47.0 Å². The lowest BCUT2D eigenvalue weighted by molar-refractivity contribution is 0.0671. The Morgan fingerprint density at radius 2 is 2.11 bits per heavy atom. The molecule has 0 saturated carbocycles. The zero-order valence-corrected chi connectivity index (χ0v) is 15.7. The number of hydrogen-bond acceptors (Lipinski definition) is 6. The lowest BCUT2D eigenvalue weighted by Gasteiger charge is -2.33. The molecule has 3 heterocycles. The zero-order valence-electron chi connectivity index (χ0n) is 15.7. The average molecular weight is 366 g/mol. The van der Waals surface area contributed by atoms with Gasteiger partial charge in [-0.25, -0.2) is 4.68 Å². The third kappa shape index (κ3) is 3.47. The lowest BCUT2D eigenvalue weighted by atomic mass is 10.0. The molecule has 2 aromatic heterocycles. The van der Waals surface area contributed by atoms with Crippen molar-refractivity contribution in [2.24, 2.45) is 0 Å². The molecule has 1 saturated heterocycles. The second-order valence-corrected chi connectivity index (χ2v) is 7.09. The molecule has 1 aliphatic heterocycles. The van der Waals surface area contributed by atoms with E-state index in [4.69, 9.17) is 4.52 Å².